The summed E-state index contributed by atoms with van der Waals surface area (Å²) in [6.07, 6.45) is 2.25. The van der Waals surface area contributed by atoms with E-state index in [1.165, 1.54) is 4.88 Å². The van der Waals surface area contributed by atoms with Crippen molar-refractivity contribution in [1.82, 2.24) is 10.2 Å². The number of benzene rings is 1. The molecule has 3 N–H and O–H groups in total. The summed E-state index contributed by atoms with van der Waals surface area (Å²) >= 11 is 1.71. The van der Waals surface area contributed by atoms with Crippen molar-refractivity contribution in [1.29, 1.82) is 0 Å². The fourth-order valence-corrected chi connectivity index (χ4v) is 4.09. The second kappa shape index (κ2) is 10.6. The van der Waals surface area contributed by atoms with Gasteiger partial charge >= 0.3 is 0 Å². The lowest BCUT2D eigenvalue weighted by Crippen LogP contribution is -2.46. The van der Waals surface area contributed by atoms with Crippen LogP contribution in [0.4, 0.5) is 0 Å². The first-order chi connectivity index (χ1) is 13.0. The molecule has 1 fully saturated rings. The number of carbonyl (C=O) groups is 2. The van der Waals surface area contributed by atoms with E-state index in [9.17, 15) is 9.59 Å². The number of likely N-dealkylation sites (tertiary alicyclic amines) is 1. The first-order valence-electron chi connectivity index (χ1n) is 9.45. The van der Waals surface area contributed by atoms with E-state index < -0.39 is 6.04 Å². The summed E-state index contributed by atoms with van der Waals surface area (Å²) in [7, 11) is 0. The molecule has 0 saturated carbocycles. The van der Waals surface area contributed by atoms with E-state index in [-0.39, 0.29) is 30.1 Å². The molecule has 5 nitrogen and oxygen atoms in total. The van der Waals surface area contributed by atoms with Gasteiger partial charge in [0.2, 0.25) is 11.8 Å². The summed E-state index contributed by atoms with van der Waals surface area (Å²) in [5.41, 5.74) is 8.13. The summed E-state index contributed by atoms with van der Waals surface area (Å²) in [6.45, 7) is 3.84. The van der Waals surface area contributed by atoms with Gasteiger partial charge in [-0.1, -0.05) is 35.9 Å². The molecule has 0 radical (unpaired) electrons. The Balaban J connectivity index is 0.00000280. The van der Waals surface area contributed by atoms with E-state index in [0.717, 1.165) is 17.5 Å². The van der Waals surface area contributed by atoms with Crippen molar-refractivity contribution in [3.63, 3.8) is 0 Å². The minimum Gasteiger partial charge on any atom is -0.355 e. The Morgan fingerprint density at radius 2 is 1.89 bits per heavy atom. The van der Waals surface area contributed by atoms with Gasteiger partial charge in [-0.3, -0.25) is 9.59 Å². The van der Waals surface area contributed by atoms with Crippen LogP contribution in [0, 0.1) is 12.8 Å². The number of carbonyl (C=O) groups excluding carboxylic acids is 2. The molecule has 1 aromatic carbocycles. The van der Waals surface area contributed by atoms with Crippen LogP contribution >= 0.6 is 23.7 Å². The molecule has 3 rings (SSSR count). The van der Waals surface area contributed by atoms with Gasteiger partial charge in [-0.25, -0.2) is 0 Å². The third kappa shape index (κ3) is 5.80. The predicted molar refractivity (Wildman–Crippen MR) is 116 cm³/mol. The zero-order valence-electron chi connectivity index (χ0n) is 16.1. The minimum atomic E-state index is -0.637. The summed E-state index contributed by atoms with van der Waals surface area (Å²) in [5, 5.41) is 5.08. The molecule has 7 heteroatoms. The highest BCUT2D eigenvalue weighted by Crippen LogP contribution is 2.21. The third-order valence-corrected chi connectivity index (χ3v) is 6.07. The first kappa shape index (κ1) is 22.4. The summed E-state index contributed by atoms with van der Waals surface area (Å²) in [4.78, 5) is 28.1. The Hall–Kier alpha value is -1.89. The molecule has 0 bridgehead atoms. The highest BCUT2D eigenvalue weighted by molar-refractivity contribution is 7.09. The van der Waals surface area contributed by atoms with Crippen molar-refractivity contribution in [2.24, 2.45) is 11.7 Å². The number of hydrogen-bond acceptors (Lipinski definition) is 4. The monoisotopic (exact) mass is 421 g/mol. The quantitative estimate of drug-likeness (QED) is 0.752. The summed E-state index contributed by atoms with van der Waals surface area (Å²) in [5.74, 6) is 0.0184. The highest BCUT2D eigenvalue weighted by atomic mass is 35.5. The maximum absolute atomic E-state index is 12.7. The van der Waals surface area contributed by atoms with Gasteiger partial charge in [0.25, 0.3) is 0 Å². The van der Waals surface area contributed by atoms with Gasteiger partial charge in [-0.05, 0) is 43.2 Å². The molecule has 1 atom stereocenters. The molecule has 152 valence electrons. The molecular formula is C21H28ClN3O2S. The number of hydrogen-bond donors (Lipinski definition) is 2. The van der Waals surface area contributed by atoms with Crippen molar-refractivity contribution >= 4 is 35.6 Å². The fourth-order valence-electron chi connectivity index (χ4n) is 3.38. The van der Waals surface area contributed by atoms with Gasteiger partial charge in [-0.2, -0.15) is 0 Å². The van der Waals surface area contributed by atoms with Gasteiger partial charge in [0.1, 0.15) is 6.04 Å². The van der Waals surface area contributed by atoms with Gasteiger partial charge in [0.05, 0.1) is 0 Å². The fraction of sp³-hybridized carbons (Fsp3) is 0.429. The maximum atomic E-state index is 12.7. The minimum absolute atomic E-state index is 0. The van der Waals surface area contributed by atoms with Crippen LogP contribution in [-0.2, 0) is 16.0 Å². The molecule has 0 aliphatic carbocycles. The van der Waals surface area contributed by atoms with Gasteiger partial charge in [0.15, 0.2) is 0 Å². The molecule has 0 spiro atoms. The Morgan fingerprint density at radius 1 is 1.21 bits per heavy atom. The second-order valence-corrected chi connectivity index (χ2v) is 8.14. The topological polar surface area (TPSA) is 75.4 Å². The Bertz CT molecular complexity index is 756. The van der Waals surface area contributed by atoms with Crippen molar-refractivity contribution in [3.05, 3.63) is 57.8 Å². The molecule has 1 aliphatic rings. The SMILES string of the molecule is Cc1ccc(C(N)C(=O)N2CCC(C(=O)NCCc3cccs3)CC2)cc1.Cl. The average Bonchev–Trinajstić information content (AvgIpc) is 3.21. The zero-order chi connectivity index (χ0) is 19.2. The summed E-state index contributed by atoms with van der Waals surface area (Å²) < 4.78 is 0. The lowest BCUT2D eigenvalue weighted by atomic mass is 9.94. The number of rotatable bonds is 6. The van der Waals surface area contributed by atoms with Gasteiger partial charge < -0.3 is 16.0 Å². The molecule has 1 aromatic heterocycles. The van der Waals surface area contributed by atoms with Crippen LogP contribution in [0.3, 0.4) is 0 Å². The van der Waals surface area contributed by atoms with E-state index in [1.807, 2.05) is 42.6 Å². The van der Waals surface area contributed by atoms with Crippen LogP contribution in [0.5, 0.6) is 0 Å². The second-order valence-electron chi connectivity index (χ2n) is 7.11. The van der Waals surface area contributed by atoms with Crippen LogP contribution < -0.4 is 11.1 Å². The van der Waals surface area contributed by atoms with E-state index >= 15 is 0 Å². The van der Waals surface area contributed by atoms with E-state index in [1.54, 1.807) is 16.2 Å². The van der Waals surface area contributed by atoms with Gasteiger partial charge in [0, 0.05) is 30.4 Å². The smallest absolute Gasteiger partial charge is 0.244 e. The maximum Gasteiger partial charge on any atom is 0.244 e. The number of aryl methyl sites for hydroxylation is 1. The molecule has 1 aliphatic heterocycles. The number of piperidine rings is 1. The number of thiophene rings is 1. The molecule has 2 heterocycles. The van der Waals surface area contributed by atoms with Crippen LogP contribution in [-0.4, -0.2) is 36.3 Å². The first-order valence-corrected chi connectivity index (χ1v) is 10.3. The Morgan fingerprint density at radius 3 is 2.50 bits per heavy atom. The average molecular weight is 422 g/mol. The van der Waals surface area contributed by atoms with Crippen LogP contribution in [0.2, 0.25) is 0 Å². The number of amides is 2. The Kier molecular flexibility index (Phi) is 8.48. The third-order valence-electron chi connectivity index (χ3n) is 5.13. The zero-order valence-corrected chi connectivity index (χ0v) is 17.7. The normalized spacial score (nSPS) is 15.6. The molecule has 2 amide bonds. The lowest BCUT2D eigenvalue weighted by Gasteiger charge is -2.33. The van der Waals surface area contributed by atoms with Crippen LogP contribution in [0.1, 0.15) is 34.9 Å². The van der Waals surface area contributed by atoms with Crippen molar-refractivity contribution in [2.45, 2.75) is 32.2 Å². The highest BCUT2D eigenvalue weighted by Gasteiger charge is 2.29. The molecule has 2 aromatic rings. The van der Waals surface area contributed by atoms with Crippen LogP contribution in [0.15, 0.2) is 41.8 Å². The Labute approximate surface area is 176 Å². The largest absolute Gasteiger partial charge is 0.355 e. The molecule has 1 saturated heterocycles. The van der Waals surface area contributed by atoms with E-state index in [4.69, 9.17) is 5.73 Å². The van der Waals surface area contributed by atoms with Gasteiger partial charge in [-0.15, -0.1) is 23.7 Å². The van der Waals surface area contributed by atoms with E-state index in [2.05, 4.69) is 11.4 Å². The van der Waals surface area contributed by atoms with Crippen LogP contribution in [0.25, 0.3) is 0 Å². The number of nitrogens with zero attached hydrogens (tertiary/aromatic N) is 1. The van der Waals surface area contributed by atoms with Crippen molar-refractivity contribution < 1.29 is 9.59 Å². The number of halogens is 1. The lowest BCUT2D eigenvalue weighted by molar-refractivity contribution is -0.136. The molecular weight excluding hydrogens is 394 g/mol. The summed E-state index contributed by atoms with van der Waals surface area (Å²) in [6, 6.07) is 11.2. The predicted octanol–water partition coefficient (Wildman–Crippen LogP) is 3.08. The van der Waals surface area contributed by atoms with E-state index in [0.29, 0.717) is 32.5 Å². The number of nitrogens with one attached hydrogen (secondary N) is 1. The molecule has 1 unspecified atom stereocenters. The van der Waals surface area contributed by atoms with Crippen molar-refractivity contribution in [2.75, 3.05) is 19.6 Å². The molecule has 28 heavy (non-hydrogen) atoms. The number of nitrogens with two attached hydrogens (primary N) is 1. The van der Waals surface area contributed by atoms with Crippen molar-refractivity contribution in [3.8, 4) is 0 Å². The standard InChI is InChI=1S/C21H27N3O2S.ClH/c1-15-4-6-16(7-5-15)19(22)21(26)24-12-9-17(10-13-24)20(25)23-11-8-18-3-2-14-27-18;/h2-7,14,17,19H,8-13,22H2,1H3,(H,23,25);1H.